The molecule has 0 heterocycles. The predicted octanol–water partition coefficient (Wildman–Crippen LogP) is 4.14. The Balaban J connectivity index is 0.000000299. The highest BCUT2D eigenvalue weighted by Gasteiger charge is 2.13. The van der Waals surface area contributed by atoms with Crippen molar-refractivity contribution in [3.63, 3.8) is 0 Å². The van der Waals surface area contributed by atoms with Gasteiger partial charge in [0.15, 0.2) is 17.5 Å². The molecule has 3 rings (SSSR count). The molecule has 1 aliphatic rings. The second-order valence-corrected chi connectivity index (χ2v) is 9.01. The van der Waals surface area contributed by atoms with E-state index in [4.69, 9.17) is 31.4 Å². The number of carbonyl (C=O) groups excluding carboxylic acids is 2. The summed E-state index contributed by atoms with van der Waals surface area (Å²) in [6, 6.07) is 13.3. The SMILES string of the molecule is CCc1cccc(OC)c1.COc1ccc(CC(=O)N=C(N)N)cc1OC.NC(=O)CCC1CCCCC1. The molecule has 9 heteroatoms. The molecule has 0 saturated heterocycles. The Labute approximate surface area is 226 Å². The maximum absolute atomic E-state index is 11.4. The Hall–Kier alpha value is -3.75. The number of aryl methyl sites for hydroxylation is 1. The Kier molecular flexibility index (Phi) is 15.7. The lowest BCUT2D eigenvalue weighted by atomic mass is 9.86. The topological polar surface area (TPSA) is 152 Å². The number of aliphatic imine (C=N–C) groups is 1. The van der Waals surface area contributed by atoms with Gasteiger partial charge in [-0.15, -0.1) is 0 Å². The fourth-order valence-electron chi connectivity index (χ4n) is 4.06. The smallest absolute Gasteiger partial charge is 0.253 e. The summed E-state index contributed by atoms with van der Waals surface area (Å²) < 4.78 is 15.3. The normalized spacial score (nSPS) is 12.5. The minimum Gasteiger partial charge on any atom is -0.497 e. The molecule has 1 aliphatic carbocycles. The number of hydrogen-bond acceptors (Lipinski definition) is 5. The number of ether oxygens (including phenoxy) is 3. The third-order valence-corrected chi connectivity index (χ3v) is 6.12. The van der Waals surface area contributed by atoms with Crippen LogP contribution in [0.2, 0.25) is 0 Å². The lowest BCUT2D eigenvalue weighted by Gasteiger charge is -2.20. The van der Waals surface area contributed by atoms with Crippen LogP contribution in [-0.4, -0.2) is 39.1 Å². The van der Waals surface area contributed by atoms with Gasteiger partial charge in [0.2, 0.25) is 5.91 Å². The molecular formula is C29H44N4O5. The molecule has 6 N–H and O–H groups in total. The largest absolute Gasteiger partial charge is 0.497 e. The van der Waals surface area contributed by atoms with Crippen molar-refractivity contribution in [2.75, 3.05) is 21.3 Å². The van der Waals surface area contributed by atoms with Gasteiger partial charge in [-0.1, -0.05) is 57.2 Å². The van der Waals surface area contributed by atoms with Crippen LogP contribution in [0.15, 0.2) is 47.5 Å². The third-order valence-electron chi connectivity index (χ3n) is 6.12. The van der Waals surface area contributed by atoms with E-state index in [1.807, 2.05) is 12.1 Å². The highest BCUT2D eigenvalue weighted by Crippen LogP contribution is 2.28. The van der Waals surface area contributed by atoms with E-state index in [2.05, 4.69) is 24.0 Å². The predicted molar refractivity (Wildman–Crippen MR) is 151 cm³/mol. The number of benzene rings is 2. The lowest BCUT2D eigenvalue weighted by molar-refractivity contribution is -0.118. The Morgan fingerprint density at radius 1 is 0.868 bits per heavy atom. The number of primary amides is 1. The summed E-state index contributed by atoms with van der Waals surface area (Å²) in [6.07, 6.45) is 9.50. The van der Waals surface area contributed by atoms with Crippen molar-refractivity contribution in [2.45, 2.75) is 64.7 Å². The number of amides is 2. The molecule has 0 aromatic heterocycles. The summed E-state index contributed by atoms with van der Waals surface area (Å²) in [7, 11) is 4.76. The van der Waals surface area contributed by atoms with E-state index in [1.165, 1.54) is 44.8 Å². The van der Waals surface area contributed by atoms with Crippen LogP contribution >= 0.6 is 0 Å². The maximum Gasteiger partial charge on any atom is 0.253 e. The van der Waals surface area contributed by atoms with Crippen LogP contribution in [0.4, 0.5) is 0 Å². The molecule has 38 heavy (non-hydrogen) atoms. The summed E-state index contributed by atoms with van der Waals surface area (Å²) in [6.45, 7) is 2.13. The van der Waals surface area contributed by atoms with Crippen LogP contribution in [0.25, 0.3) is 0 Å². The molecule has 0 aliphatic heterocycles. The number of guanidine groups is 1. The molecular weight excluding hydrogens is 484 g/mol. The Bertz CT molecular complexity index is 997. The van der Waals surface area contributed by atoms with Crippen molar-refractivity contribution in [1.29, 1.82) is 0 Å². The van der Waals surface area contributed by atoms with E-state index < -0.39 is 5.91 Å². The lowest BCUT2D eigenvalue weighted by Crippen LogP contribution is -2.24. The van der Waals surface area contributed by atoms with E-state index in [0.29, 0.717) is 17.9 Å². The molecule has 210 valence electrons. The fraction of sp³-hybridized carbons (Fsp3) is 0.483. The van der Waals surface area contributed by atoms with Gasteiger partial charge in [-0.2, -0.15) is 4.99 Å². The van der Waals surface area contributed by atoms with Gasteiger partial charge >= 0.3 is 0 Å². The number of hydrogen-bond donors (Lipinski definition) is 3. The van der Waals surface area contributed by atoms with Gasteiger partial charge in [0, 0.05) is 6.42 Å². The Morgan fingerprint density at radius 3 is 2.11 bits per heavy atom. The highest BCUT2D eigenvalue weighted by atomic mass is 16.5. The molecule has 2 aromatic carbocycles. The summed E-state index contributed by atoms with van der Waals surface area (Å²) in [5.41, 5.74) is 17.4. The van der Waals surface area contributed by atoms with Crippen molar-refractivity contribution >= 4 is 17.8 Å². The second kappa shape index (κ2) is 18.5. The van der Waals surface area contributed by atoms with Crippen molar-refractivity contribution < 1.29 is 23.8 Å². The molecule has 0 radical (unpaired) electrons. The standard InChI is InChI=1S/C11H15N3O3.C9H17NO.C9H12O/c1-16-8-4-3-7(5-9(8)17-2)6-10(15)14-11(12)13;10-9(11)7-6-8-4-2-1-3-5-8;1-3-8-5-4-6-9(7-8)10-2/h3-5H,6H2,1-2H3,(H4,12,13,14,15);8H,1-7H2,(H2,10,11);4-7H,3H2,1-2H3. The summed E-state index contributed by atoms with van der Waals surface area (Å²) in [4.78, 5) is 25.3. The van der Waals surface area contributed by atoms with Crippen LogP contribution in [0.3, 0.4) is 0 Å². The van der Waals surface area contributed by atoms with E-state index >= 15 is 0 Å². The number of nitrogens with two attached hydrogens (primary N) is 3. The number of rotatable bonds is 9. The fourth-order valence-corrected chi connectivity index (χ4v) is 4.06. The summed E-state index contributed by atoms with van der Waals surface area (Å²) >= 11 is 0. The number of nitrogens with zero attached hydrogens (tertiary/aromatic N) is 1. The monoisotopic (exact) mass is 528 g/mol. The molecule has 9 nitrogen and oxygen atoms in total. The van der Waals surface area contributed by atoms with Crippen LogP contribution in [0.1, 0.15) is 63.0 Å². The molecule has 2 aromatic rings. The first-order valence-corrected chi connectivity index (χ1v) is 13.0. The van der Waals surface area contributed by atoms with Gasteiger partial charge in [-0.05, 0) is 54.2 Å². The van der Waals surface area contributed by atoms with Gasteiger partial charge in [0.25, 0.3) is 5.91 Å². The van der Waals surface area contributed by atoms with Gasteiger partial charge in [-0.25, -0.2) is 0 Å². The maximum atomic E-state index is 11.4. The zero-order valence-electron chi connectivity index (χ0n) is 23.2. The van der Waals surface area contributed by atoms with Crippen LogP contribution in [0, 0.1) is 5.92 Å². The molecule has 1 fully saturated rings. The second-order valence-electron chi connectivity index (χ2n) is 9.01. The average molecular weight is 529 g/mol. The number of carbonyl (C=O) groups is 2. The minimum atomic E-state index is -0.405. The van der Waals surface area contributed by atoms with Gasteiger partial charge in [0.05, 0.1) is 27.8 Å². The Morgan fingerprint density at radius 2 is 1.55 bits per heavy atom. The first-order valence-electron chi connectivity index (χ1n) is 13.0. The molecule has 0 spiro atoms. The third kappa shape index (κ3) is 13.5. The highest BCUT2D eigenvalue weighted by molar-refractivity contribution is 5.92. The number of methoxy groups -OCH3 is 3. The van der Waals surface area contributed by atoms with Crippen molar-refractivity contribution in [3.8, 4) is 17.2 Å². The quantitative estimate of drug-likeness (QED) is 0.327. The minimum absolute atomic E-state index is 0.109. The van der Waals surface area contributed by atoms with Crippen molar-refractivity contribution in [3.05, 3.63) is 53.6 Å². The molecule has 2 amide bonds. The average Bonchev–Trinajstić information content (AvgIpc) is 2.92. The summed E-state index contributed by atoms with van der Waals surface area (Å²) in [5, 5.41) is 0. The zero-order valence-corrected chi connectivity index (χ0v) is 23.2. The molecule has 1 saturated carbocycles. The molecule has 0 bridgehead atoms. The van der Waals surface area contributed by atoms with Crippen molar-refractivity contribution in [2.24, 2.45) is 28.1 Å². The zero-order chi connectivity index (χ0) is 28.3. The van der Waals surface area contributed by atoms with E-state index in [1.54, 1.807) is 32.4 Å². The van der Waals surface area contributed by atoms with Crippen molar-refractivity contribution in [1.82, 2.24) is 0 Å². The van der Waals surface area contributed by atoms with E-state index in [-0.39, 0.29) is 18.3 Å². The van der Waals surface area contributed by atoms with Gasteiger partial charge in [-0.3, -0.25) is 9.59 Å². The summed E-state index contributed by atoms with van der Waals surface area (Å²) in [5.74, 6) is 2.10. The van der Waals surface area contributed by atoms with Crippen LogP contribution in [-0.2, 0) is 22.4 Å². The van der Waals surface area contributed by atoms with Crippen LogP contribution in [0.5, 0.6) is 17.2 Å². The molecule has 0 atom stereocenters. The van der Waals surface area contributed by atoms with Gasteiger partial charge < -0.3 is 31.4 Å². The van der Waals surface area contributed by atoms with E-state index in [9.17, 15) is 9.59 Å². The van der Waals surface area contributed by atoms with Crippen LogP contribution < -0.4 is 31.4 Å². The van der Waals surface area contributed by atoms with Gasteiger partial charge in [0.1, 0.15) is 5.75 Å². The molecule has 0 unspecified atom stereocenters. The first kappa shape index (κ1) is 32.3. The first-order chi connectivity index (χ1) is 18.2. The van der Waals surface area contributed by atoms with E-state index in [0.717, 1.165) is 30.1 Å².